The minimum absolute atomic E-state index is 0.0907. The SMILES string of the molecule is Cc1ccc(C(C)NCC(C2CC2)C2CC2)cc1F. The number of nitrogens with one attached hydrogen (secondary N) is 1. The third-order valence-corrected chi connectivity index (χ3v) is 4.81. The molecule has 1 N–H and O–H groups in total. The van der Waals surface area contributed by atoms with Gasteiger partial charge in [0.25, 0.3) is 0 Å². The maximum atomic E-state index is 13.6. The fourth-order valence-corrected chi connectivity index (χ4v) is 3.08. The Morgan fingerprint density at radius 2 is 1.84 bits per heavy atom. The van der Waals surface area contributed by atoms with E-state index in [0.29, 0.717) is 0 Å². The molecule has 1 aromatic carbocycles. The number of halogens is 1. The van der Waals surface area contributed by atoms with E-state index in [9.17, 15) is 4.39 Å². The molecule has 1 nitrogen and oxygen atoms in total. The number of aryl methyl sites for hydroxylation is 1. The molecule has 0 saturated heterocycles. The van der Waals surface area contributed by atoms with Crippen LogP contribution >= 0.6 is 0 Å². The monoisotopic (exact) mass is 261 g/mol. The van der Waals surface area contributed by atoms with Crippen molar-refractivity contribution in [2.24, 2.45) is 17.8 Å². The topological polar surface area (TPSA) is 12.0 Å². The summed E-state index contributed by atoms with van der Waals surface area (Å²) >= 11 is 0. The largest absolute Gasteiger partial charge is 0.310 e. The van der Waals surface area contributed by atoms with Gasteiger partial charge in [0.1, 0.15) is 5.82 Å². The zero-order valence-electron chi connectivity index (χ0n) is 12.0. The second kappa shape index (κ2) is 5.24. The Morgan fingerprint density at radius 3 is 2.37 bits per heavy atom. The van der Waals surface area contributed by atoms with Crippen molar-refractivity contribution in [3.8, 4) is 0 Å². The van der Waals surface area contributed by atoms with Crippen molar-refractivity contribution in [3.05, 3.63) is 35.1 Å². The normalized spacial score (nSPS) is 20.8. The highest BCUT2D eigenvalue weighted by Crippen LogP contribution is 2.48. The van der Waals surface area contributed by atoms with Crippen molar-refractivity contribution in [2.45, 2.75) is 45.6 Å². The van der Waals surface area contributed by atoms with Crippen LogP contribution in [0.4, 0.5) is 4.39 Å². The average Bonchev–Trinajstić information content (AvgIpc) is 3.26. The Bertz CT molecular complexity index is 437. The van der Waals surface area contributed by atoms with Gasteiger partial charge in [-0.05, 0) is 81.0 Å². The van der Waals surface area contributed by atoms with Gasteiger partial charge < -0.3 is 5.32 Å². The van der Waals surface area contributed by atoms with Gasteiger partial charge in [-0.1, -0.05) is 12.1 Å². The van der Waals surface area contributed by atoms with Gasteiger partial charge in [-0.15, -0.1) is 0 Å². The molecule has 2 heteroatoms. The van der Waals surface area contributed by atoms with Crippen LogP contribution in [0.5, 0.6) is 0 Å². The van der Waals surface area contributed by atoms with E-state index in [2.05, 4.69) is 12.2 Å². The molecule has 0 heterocycles. The summed E-state index contributed by atoms with van der Waals surface area (Å²) in [5, 5.41) is 3.62. The molecule has 0 spiro atoms. The molecule has 2 fully saturated rings. The second-order valence-corrected chi connectivity index (χ2v) is 6.48. The average molecular weight is 261 g/mol. The highest BCUT2D eigenvalue weighted by atomic mass is 19.1. The van der Waals surface area contributed by atoms with Crippen LogP contribution < -0.4 is 5.32 Å². The summed E-state index contributed by atoms with van der Waals surface area (Å²) in [6.45, 7) is 5.06. The van der Waals surface area contributed by atoms with E-state index in [4.69, 9.17) is 0 Å². The third-order valence-electron chi connectivity index (χ3n) is 4.81. The summed E-state index contributed by atoms with van der Waals surface area (Å²) in [7, 11) is 0. The van der Waals surface area contributed by atoms with Crippen LogP contribution in [0.2, 0.25) is 0 Å². The van der Waals surface area contributed by atoms with Crippen LogP contribution in [-0.2, 0) is 0 Å². The smallest absolute Gasteiger partial charge is 0.126 e. The molecule has 2 aliphatic carbocycles. The van der Waals surface area contributed by atoms with E-state index in [0.717, 1.165) is 35.4 Å². The standard InChI is InChI=1S/C17H24FN/c1-11-3-4-15(9-17(11)18)12(2)19-10-16(13-5-6-13)14-7-8-14/h3-4,9,12-14,16,19H,5-8,10H2,1-2H3. The van der Waals surface area contributed by atoms with Crippen molar-refractivity contribution < 1.29 is 4.39 Å². The summed E-state index contributed by atoms with van der Waals surface area (Å²) < 4.78 is 13.6. The fourth-order valence-electron chi connectivity index (χ4n) is 3.08. The van der Waals surface area contributed by atoms with Gasteiger partial charge in [0.15, 0.2) is 0 Å². The summed E-state index contributed by atoms with van der Waals surface area (Å²) in [6, 6.07) is 5.84. The first-order valence-corrected chi connectivity index (χ1v) is 7.64. The van der Waals surface area contributed by atoms with Crippen LogP contribution in [0, 0.1) is 30.5 Å². The van der Waals surface area contributed by atoms with Crippen LogP contribution in [0.3, 0.4) is 0 Å². The maximum Gasteiger partial charge on any atom is 0.126 e. The Hall–Kier alpha value is -0.890. The zero-order chi connectivity index (χ0) is 13.4. The summed E-state index contributed by atoms with van der Waals surface area (Å²) in [4.78, 5) is 0. The highest BCUT2D eigenvalue weighted by molar-refractivity contribution is 5.25. The van der Waals surface area contributed by atoms with Gasteiger partial charge >= 0.3 is 0 Å². The molecule has 104 valence electrons. The van der Waals surface area contributed by atoms with E-state index in [-0.39, 0.29) is 11.9 Å². The van der Waals surface area contributed by atoms with Crippen LogP contribution in [0.1, 0.15) is 49.8 Å². The van der Waals surface area contributed by atoms with Crippen LogP contribution in [0.25, 0.3) is 0 Å². The molecule has 2 saturated carbocycles. The van der Waals surface area contributed by atoms with Gasteiger partial charge in [0.05, 0.1) is 0 Å². The lowest BCUT2D eigenvalue weighted by Crippen LogP contribution is -2.28. The molecule has 1 atom stereocenters. The Morgan fingerprint density at radius 1 is 1.21 bits per heavy atom. The van der Waals surface area contributed by atoms with Crippen molar-refractivity contribution in [3.63, 3.8) is 0 Å². The number of benzene rings is 1. The first kappa shape index (κ1) is 13.1. The lowest BCUT2D eigenvalue weighted by Gasteiger charge is -2.21. The third kappa shape index (κ3) is 3.17. The minimum atomic E-state index is -0.0907. The second-order valence-electron chi connectivity index (χ2n) is 6.48. The first-order valence-electron chi connectivity index (χ1n) is 7.64. The predicted octanol–water partition coefficient (Wildman–Crippen LogP) is 4.22. The van der Waals surface area contributed by atoms with Crippen molar-refractivity contribution in [1.82, 2.24) is 5.32 Å². The molecule has 0 radical (unpaired) electrons. The van der Waals surface area contributed by atoms with E-state index in [1.54, 1.807) is 6.07 Å². The summed E-state index contributed by atoms with van der Waals surface area (Å²) in [5.41, 5.74) is 1.79. The molecule has 1 unspecified atom stereocenters. The Balaban J connectivity index is 1.57. The molecule has 2 aliphatic rings. The van der Waals surface area contributed by atoms with Crippen LogP contribution in [-0.4, -0.2) is 6.54 Å². The predicted molar refractivity (Wildman–Crippen MR) is 76.5 cm³/mol. The van der Waals surface area contributed by atoms with E-state index in [1.165, 1.54) is 25.7 Å². The van der Waals surface area contributed by atoms with Crippen LogP contribution in [0.15, 0.2) is 18.2 Å². The summed E-state index contributed by atoms with van der Waals surface area (Å²) in [5.74, 6) is 2.73. The van der Waals surface area contributed by atoms with Gasteiger partial charge in [-0.3, -0.25) is 0 Å². The molecular weight excluding hydrogens is 237 g/mol. The number of hydrogen-bond acceptors (Lipinski definition) is 1. The van der Waals surface area contributed by atoms with E-state index in [1.807, 2.05) is 19.1 Å². The van der Waals surface area contributed by atoms with Crippen molar-refractivity contribution in [1.29, 1.82) is 0 Å². The van der Waals surface area contributed by atoms with E-state index >= 15 is 0 Å². The first-order chi connectivity index (χ1) is 9.15. The quantitative estimate of drug-likeness (QED) is 0.808. The molecule has 3 rings (SSSR count). The number of hydrogen-bond donors (Lipinski definition) is 1. The van der Waals surface area contributed by atoms with Crippen molar-refractivity contribution in [2.75, 3.05) is 6.54 Å². The molecule has 0 amide bonds. The van der Waals surface area contributed by atoms with Gasteiger partial charge in [0, 0.05) is 6.04 Å². The van der Waals surface area contributed by atoms with E-state index < -0.39 is 0 Å². The zero-order valence-corrected chi connectivity index (χ0v) is 12.0. The molecule has 19 heavy (non-hydrogen) atoms. The minimum Gasteiger partial charge on any atom is -0.310 e. The Labute approximate surface area is 115 Å². The highest BCUT2D eigenvalue weighted by Gasteiger charge is 2.41. The lowest BCUT2D eigenvalue weighted by atomic mass is 9.97. The Kier molecular flexibility index (Phi) is 3.62. The van der Waals surface area contributed by atoms with Gasteiger partial charge in [0.2, 0.25) is 0 Å². The van der Waals surface area contributed by atoms with Crippen molar-refractivity contribution >= 4 is 0 Å². The van der Waals surface area contributed by atoms with Gasteiger partial charge in [-0.25, -0.2) is 4.39 Å². The molecule has 1 aromatic rings. The molecule has 0 bridgehead atoms. The lowest BCUT2D eigenvalue weighted by molar-refractivity contribution is 0.362. The van der Waals surface area contributed by atoms with Gasteiger partial charge in [-0.2, -0.15) is 0 Å². The maximum absolute atomic E-state index is 13.6. The molecule has 0 aliphatic heterocycles. The summed E-state index contributed by atoms with van der Waals surface area (Å²) in [6.07, 6.45) is 5.71. The number of rotatable bonds is 6. The molecular formula is C17H24FN. The fraction of sp³-hybridized carbons (Fsp3) is 0.647. The molecule has 0 aromatic heterocycles.